The first kappa shape index (κ1) is 11.5. The van der Waals surface area contributed by atoms with Gasteiger partial charge in [-0.05, 0) is 12.5 Å². The summed E-state index contributed by atoms with van der Waals surface area (Å²) in [6.07, 6.45) is 4.51. The smallest absolute Gasteiger partial charge is 0.303 e. The van der Waals surface area contributed by atoms with Gasteiger partial charge in [-0.1, -0.05) is 42.5 Å². The second-order valence-corrected chi connectivity index (χ2v) is 3.31. The molecule has 0 fully saturated rings. The molecular weight excluding hydrogens is 188 g/mol. The summed E-state index contributed by atoms with van der Waals surface area (Å²) in [5.41, 5.74) is 1.03. The van der Waals surface area contributed by atoms with Gasteiger partial charge in [0, 0.05) is 13.3 Å². The molecule has 2 heteroatoms. The molecular formula is C13H16O2. The predicted octanol–water partition coefficient (Wildman–Crippen LogP) is 3.26. The van der Waals surface area contributed by atoms with Gasteiger partial charge in [0.05, 0.1) is 0 Å². The molecule has 0 bridgehead atoms. The normalized spacial score (nSPS) is 12.7. The summed E-state index contributed by atoms with van der Waals surface area (Å²) >= 11 is 0. The van der Waals surface area contributed by atoms with Crippen LogP contribution < -0.4 is 0 Å². The quantitative estimate of drug-likeness (QED) is 0.556. The van der Waals surface area contributed by atoms with Gasteiger partial charge in [0.15, 0.2) is 0 Å². The highest BCUT2D eigenvalue weighted by atomic mass is 16.5. The van der Waals surface area contributed by atoms with Gasteiger partial charge in [-0.2, -0.15) is 0 Å². The Kier molecular flexibility index (Phi) is 4.61. The van der Waals surface area contributed by atoms with E-state index in [-0.39, 0.29) is 12.1 Å². The molecule has 0 amide bonds. The molecule has 0 aliphatic heterocycles. The fourth-order valence-electron chi connectivity index (χ4n) is 1.38. The highest BCUT2D eigenvalue weighted by molar-refractivity contribution is 5.66. The van der Waals surface area contributed by atoms with E-state index in [1.54, 1.807) is 0 Å². The highest BCUT2D eigenvalue weighted by Gasteiger charge is 2.11. The lowest BCUT2D eigenvalue weighted by molar-refractivity contribution is -0.146. The molecule has 15 heavy (non-hydrogen) atoms. The van der Waals surface area contributed by atoms with Crippen LogP contribution in [0.3, 0.4) is 0 Å². The Labute approximate surface area is 90.6 Å². The van der Waals surface area contributed by atoms with E-state index in [1.165, 1.54) is 6.92 Å². The topological polar surface area (TPSA) is 26.3 Å². The van der Waals surface area contributed by atoms with Crippen molar-refractivity contribution in [1.29, 1.82) is 0 Å². The molecule has 1 aromatic carbocycles. The molecule has 0 unspecified atom stereocenters. The van der Waals surface area contributed by atoms with Gasteiger partial charge in [-0.15, -0.1) is 0 Å². The highest BCUT2D eigenvalue weighted by Crippen LogP contribution is 2.21. The van der Waals surface area contributed by atoms with Crippen molar-refractivity contribution in [2.24, 2.45) is 0 Å². The number of hydrogen-bond acceptors (Lipinski definition) is 2. The van der Waals surface area contributed by atoms with Crippen LogP contribution in [-0.2, 0) is 9.53 Å². The molecule has 0 heterocycles. The minimum Gasteiger partial charge on any atom is -0.457 e. The first-order valence-corrected chi connectivity index (χ1v) is 5.07. The Hall–Kier alpha value is -1.57. The van der Waals surface area contributed by atoms with Gasteiger partial charge in [-0.3, -0.25) is 4.79 Å². The molecule has 1 aromatic rings. The van der Waals surface area contributed by atoms with Crippen LogP contribution in [-0.4, -0.2) is 5.97 Å². The summed E-state index contributed by atoms with van der Waals surface area (Å²) in [7, 11) is 0. The molecule has 80 valence electrons. The minimum atomic E-state index is -0.242. The summed E-state index contributed by atoms with van der Waals surface area (Å²) in [5.74, 6) is -0.242. The van der Waals surface area contributed by atoms with E-state index in [4.69, 9.17) is 4.74 Å². The molecule has 0 saturated heterocycles. The SMILES string of the molecule is C/C=C\C[C@@H](OC(C)=O)c1ccccc1. The van der Waals surface area contributed by atoms with Crippen molar-refractivity contribution in [3.05, 3.63) is 48.0 Å². The fraction of sp³-hybridized carbons (Fsp3) is 0.308. The maximum absolute atomic E-state index is 10.9. The number of hydrogen-bond donors (Lipinski definition) is 0. The van der Waals surface area contributed by atoms with Crippen LogP contribution in [0.25, 0.3) is 0 Å². The van der Waals surface area contributed by atoms with E-state index in [0.29, 0.717) is 0 Å². The Morgan fingerprint density at radius 1 is 1.40 bits per heavy atom. The number of carbonyl (C=O) groups excluding carboxylic acids is 1. The van der Waals surface area contributed by atoms with Gasteiger partial charge in [0.25, 0.3) is 0 Å². The van der Waals surface area contributed by atoms with E-state index < -0.39 is 0 Å². The van der Waals surface area contributed by atoms with Gasteiger partial charge < -0.3 is 4.74 Å². The molecule has 0 aliphatic carbocycles. The third kappa shape index (κ3) is 3.98. The summed E-state index contributed by atoms with van der Waals surface area (Å²) in [5, 5.41) is 0. The van der Waals surface area contributed by atoms with Crippen LogP contribution in [0.2, 0.25) is 0 Å². The standard InChI is InChI=1S/C13H16O2/c1-3-4-10-13(15-11(2)14)12-8-6-5-7-9-12/h3-9,13H,10H2,1-2H3/b4-3-/t13-/m1/s1. The lowest BCUT2D eigenvalue weighted by Gasteiger charge is -2.15. The van der Waals surface area contributed by atoms with Crippen molar-refractivity contribution >= 4 is 5.97 Å². The summed E-state index contributed by atoms with van der Waals surface area (Å²) in [6, 6.07) is 9.78. The third-order valence-electron chi connectivity index (χ3n) is 2.07. The average Bonchev–Trinajstić information content (AvgIpc) is 2.25. The number of rotatable bonds is 4. The molecule has 0 aromatic heterocycles. The van der Waals surface area contributed by atoms with Crippen LogP contribution >= 0.6 is 0 Å². The van der Waals surface area contributed by atoms with Crippen molar-refractivity contribution in [2.75, 3.05) is 0 Å². The molecule has 2 nitrogen and oxygen atoms in total. The lowest BCUT2D eigenvalue weighted by Crippen LogP contribution is -2.07. The van der Waals surface area contributed by atoms with Gasteiger partial charge in [-0.25, -0.2) is 0 Å². The second kappa shape index (κ2) is 6.02. The number of ether oxygens (including phenoxy) is 1. The Morgan fingerprint density at radius 2 is 2.07 bits per heavy atom. The Balaban J connectivity index is 2.76. The van der Waals surface area contributed by atoms with Gasteiger partial charge in [0.2, 0.25) is 0 Å². The van der Waals surface area contributed by atoms with Crippen LogP contribution in [0.4, 0.5) is 0 Å². The molecule has 0 spiro atoms. The number of benzene rings is 1. The summed E-state index contributed by atoms with van der Waals surface area (Å²) < 4.78 is 5.25. The first-order valence-electron chi connectivity index (χ1n) is 5.07. The molecule has 1 atom stereocenters. The van der Waals surface area contributed by atoms with Crippen molar-refractivity contribution in [1.82, 2.24) is 0 Å². The van der Waals surface area contributed by atoms with Crippen LogP contribution in [0, 0.1) is 0 Å². The maximum atomic E-state index is 10.9. The van der Waals surface area contributed by atoms with Crippen LogP contribution in [0.15, 0.2) is 42.5 Å². The lowest BCUT2D eigenvalue weighted by atomic mass is 10.1. The number of allylic oxidation sites excluding steroid dienone is 1. The zero-order chi connectivity index (χ0) is 11.1. The van der Waals surface area contributed by atoms with Crippen molar-refractivity contribution in [2.45, 2.75) is 26.4 Å². The van der Waals surface area contributed by atoms with E-state index in [9.17, 15) is 4.79 Å². The van der Waals surface area contributed by atoms with E-state index >= 15 is 0 Å². The maximum Gasteiger partial charge on any atom is 0.303 e. The second-order valence-electron chi connectivity index (χ2n) is 3.31. The Morgan fingerprint density at radius 3 is 2.60 bits per heavy atom. The van der Waals surface area contributed by atoms with Gasteiger partial charge >= 0.3 is 5.97 Å². The summed E-state index contributed by atoms with van der Waals surface area (Å²) in [4.78, 5) is 10.9. The minimum absolute atomic E-state index is 0.167. The first-order chi connectivity index (χ1) is 7.24. The fourth-order valence-corrected chi connectivity index (χ4v) is 1.38. The van der Waals surface area contributed by atoms with Crippen molar-refractivity contribution < 1.29 is 9.53 Å². The van der Waals surface area contributed by atoms with Crippen molar-refractivity contribution in [3.63, 3.8) is 0 Å². The van der Waals surface area contributed by atoms with Crippen LogP contribution in [0.1, 0.15) is 31.9 Å². The largest absolute Gasteiger partial charge is 0.457 e. The van der Waals surface area contributed by atoms with Gasteiger partial charge in [0.1, 0.15) is 6.10 Å². The van der Waals surface area contributed by atoms with E-state index in [1.807, 2.05) is 49.4 Å². The Bertz CT molecular complexity index is 328. The molecule has 1 rings (SSSR count). The molecule has 0 aliphatic rings. The van der Waals surface area contributed by atoms with Crippen LogP contribution in [0.5, 0.6) is 0 Å². The summed E-state index contributed by atoms with van der Waals surface area (Å²) in [6.45, 7) is 3.39. The van der Waals surface area contributed by atoms with Crippen molar-refractivity contribution in [3.8, 4) is 0 Å². The average molecular weight is 204 g/mol. The predicted molar refractivity (Wildman–Crippen MR) is 60.4 cm³/mol. The molecule has 0 N–H and O–H groups in total. The monoisotopic (exact) mass is 204 g/mol. The zero-order valence-electron chi connectivity index (χ0n) is 9.14. The number of carbonyl (C=O) groups is 1. The van der Waals surface area contributed by atoms with E-state index in [0.717, 1.165) is 12.0 Å². The number of esters is 1. The molecule has 0 radical (unpaired) electrons. The van der Waals surface area contributed by atoms with E-state index in [2.05, 4.69) is 0 Å². The third-order valence-corrected chi connectivity index (χ3v) is 2.07. The zero-order valence-corrected chi connectivity index (χ0v) is 9.14. The molecule has 0 saturated carbocycles.